The molecule has 2 aromatic rings. The van der Waals surface area contributed by atoms with Gasteiger partial charge < -0.3 is 10.6 Å². The third kappa shape index (κ3) is 4.28. The van der Waals surface area contributed by atoms with E-state index in [-0.39, 0.29) is 17.5 Å². The molecule has 1 unspecified atom stereocenters. The Kier molecular flexibility index (Phi) is 4.94. The van der Waals surface area contributed by atoms with Crippen LogP contribution in [-0.2, 0) is 16.3 Å². The highest BCUT2D eigenvalue weighted by atomic mass is 32.2. The molecular weight excluding hydrogens is 336 g/mol. The Bertz CT molecular complexity index is 881. The summed E-state index contributed by atoms with van der Waals surface area (Å²) >= 11 is 0. The fourth-order valence-electron chi connectivity index (χ4n) is 3.12. The second-order valence-corrected chi connectivity index (χ2v) is 8.78. The normalized spacial score (nSPS) is 18.9. The standard InChI is InChI=1S/C18H24N4O2S/c1-4-14-7-5-6-12(2)17(14)21-16-10-13(3)19-18(22-16)20-15-8-9-25(23,24)11-15/h5-7,10,15H,4,8-9,11H2,1-3H3,(H2,19,20,21,22). The van der Waals surface area contributed by atoms with Crippen molar-refractivity contribution in [3.05, 3.63) is 41.1 Å². The summed E-state index contributed by atoms with van der Waals surface area (Å²) in [6.07, 6.45) is 1.53. The number of sulfone groups is 1. The number of aryl methyl sites for hydroxylation is 3. The van der Waals surface area contributed by atoms with Crippen LogP contribution in [0.15, 0.2) is 24.3 Å². The lowest BCUT2D eigenvalue weighted by atomic mass is 10.1. The highest BCUT2D eigenvalue weighted by molar-refractivity contribution is 7.91. The van der Waals surface area contributed by atoms with Crippen molar-refractivity contribution < 1.29 is 8.42 Å². The second kappa shape index (κ2) is 7.00. The smallest absolute Gasteiger partial charge is 0.225 e. The topological polar surface area (TPSA) is 84.0 Å². The molecule has 1 saturated heterocycles. The number of nitrogens with zero attached hydrogens (tertiary/aromatic N) is 2. The van der Waals surface area contributed by atoms with Crippen LogP contribution in [0.1, 0.15) is 30.2 Å². The molecule has 3 rings (SSSR count). The van der Waals surface area contributed by atoms with Crippen LogP contribution < -0.4 is 10.6 Å². The van der Waals surface area contributed by atoms with Crippen LogP contribution in [0.3, 0.4) is 0 Å². The first-order valence-electron chi connectivity index (χ1n) is 8.54. The lowest BCUT2D eigenvalue weighted by Gasteiger charge is -2.16. The largest absolute Gasteiger partial charge is 0.350 e. The molecule has 0 bridgehead atoms. The summed E-state index contributed by atoms with van der Waals surface area (Å²) in [5.74, 6) is 1.55. The molecular formula is C18H24N4O2S. The molecule has 0 spiro atoms. The predicted molar refractivity (Wildman–Crippen MR) is 101 cm³/mol. The van der Waals surface area contributed by atoms with Crippen molar-refractivity contribution in [3.8, 4) is 0 Å². The molecule has 1 aliphatic heterocycles. The van der Waals surface area contributed by atoms with E-state index in [4.69, 9.17) is 0 Å². The molecule has 2 heterocycles. The van der Waals surface area contributed by atoms with Gasteiger partial charge >= 0.3 is 0 Å². The van der Waals surface area contributed by atoms with E-state index < -0.39 is 9.84 Å². The SMILES string of the molecule is CCc1cccc(C)c1Nc1cc(C)nc(NC2CCS(=O)(=O)C2)n1. The van der Waals surface area contributed by atoms with Crippen LogP contribution in [0.4, 0.5) is 17.5 Å². The molecule has 1 aliphatic rings. The Morgan fingerprint density at radius 3 is 2.72 bits per heavy atom. The van der Waals surface area contributed by atoms with Crippen molar-refractivity contribution in [3.63, 3.8) is 0 Å². The fraction of sp³-hybridized carbons (Fsp3) is 0.444. The molecule has 1 fully saturated rings. The van der Waals surface area contributed by atoms with Crippen molar-refractivity contribution in [1.29, 1.82) is 0 Å². The van der Waals surface area contributed by atoms with Gasteiger partial charge in [0.2, 0.25) is 5.95 Å². The van der Waals surface area contributed by atoms with Crippen LogP contribution in [-0.4, -0.2) is 35.9 Å². The zero-order valence-corrected chi connectivity index (χ0v) is 15.7. The Morgan fingerprint density at radius 2 is 2.04 bits per heavy atom. The zero-order valence-electron chi connectivity index (χ0n) is 14.8. The summed E-state index contributed by atoms with van der Waals surface area (Å²) in [4.78, 5) is 8.92. The first kappa shape index (κ1) is 17.7. The van der Waals surface area contributed by atoms with Gasteiger partial charge in [-0.2, -0.15) is 4.98 Å². The van der Waals surface area contributed by atoms with Crippen molar-refractivity contribution >= 4 is 27.3 Å². The lowest BCUT2D eigenvalue weighted by molar-refractivity contribution is 0.602. The number of nitrogens with one attached hydrogen (secondary N) is 2. The summed E-state index contributed by atoms with van der Waals surface area (Å²) < 4.78 is 23.2. The van der Waals surface area contributed by atoms with Crippen molar-refractivity contribution in [2.75, 3.05) is 22.1 Å². The second-order valence-electron chi connectivity index (χ2n) is 6.55. The quantitative estimate of drug-likeness (QED) is 0.853. The van der Waals surface area contributed by atoms with Crippen LogP contribution in [0.25, 0.3) is 0 Å². The molecule has 0 amide bonds. The third-order valence-electron chi connectivity index (χ3n) is 4.41. The Labute approximate surface area is 149 Å². The molecule has 1 aromatic heterocycles. The molecule has 0 radical (unpaired) electrons. The van der Waals surface area contributed by atoms with Gasteiger partial charge in [-0.1, -0.05) is 25.1 Å². The third-order valence-corrected chi connectivity index (χ3v) is 6.18. The first-order valence-corrected chi connectivity index (χ1v) is 10.4. The van der Waals surface area contributed by atoms with Gasteiger partial charge in [-0.05, 0) is 37.8 Å². The van der Waals surface area contributed by atoms with Crippen LogP contribution >= 0.6 is 0 Å². The Balaban J connectivity index is 1.83. The van der Waals surface area contributed by atoms with Gasteiger partial charge in [0.1, 0.15) is 5.82 Å². The molecule has 134 valence electrons. The molecule has 25 heavy (non-hydrogen) atoms. The summed E-state index contributed by atoms with van der Waals surface area (Å²) in [6, 6.07) is 7.99. The monoisotopic (exact) mass is 360 g/mol. The van der Waals surface area contributed by atoms with Gasteiger partial charge in [0, 0.05) is 23.5 Å². The average Bonchev–Trinajstić information content (AvgIpc) is 2.87. The van der Waals surface area contributed by atoms with Gasteiger partial charge in [0.25, 0.3) is 0 Å². The molecule has 6 nitrogen and oxygen atoms in total. The van der Waals surface area contributed by atoms with E-state index >= 15 is 0 Å². The minimum atomic E-state index is -2.93. The van der Waals surface area contributed by atoms with Crippen LogP contribution in [0.2, 0.25) is 0 Å². The van der Waals surface area contributed by atoms with E-state index in [0.717, 1.165) is 23.4 Å². The van der Waals surface area contributed by atoms with E-state index in [0.29, 0.717) is 18.2 Å². The number of aromatic nitrogens is 2. The Morgan fingerprint density at radius 1 is 1.24 bits per heavy atom. The average molecular weight is 360 g/mol. The van der Waals surface area contributed by atoms with Crippen LogP contribution in [0.5, 0.6) is 0 Å². The van der Waals surface area contributed by atoms with Crippen molar-refractivity contribution in [2.24, 2.45) is 0 Å². The van der Waals surface area contributed by atoms with Gasteiger partial charge in [-0.15, -0.1) is 0 Å². The van der Waals surface area contributed by atoms with E-state index in [1.165, 1.54) is 5.56 Å². The number of hydrogen-bond donors (Lipinski definition) is 2. The number of anilines is 3. The van der Waals surface area contributed by atoms with Gasteiger partial charge in [0.05, 0.1) is 11.5 Å². The molecule has 7 heteroatoms. The molecule has 0 saturated carbocycles. The molecule has 1 atom stereocenters. The Hall–Kier alpha value is -2.15. The highest BCUT2D eigenvalue weighted by Crippen LogP contribution is 2.25. The lowest BCUT2D eigenvalue weighted by Crippen LogP contribution is -2.22. The summed E-state index contributed by atoms with van der Waals surface area (Å²) in [5.41, 5.74) is 4.28. The summed E-state index contributed by atoms with van der Waals surface area (Å²) in [6.45, 7) is 6.10. The van der Waals surface area contributed by atoms with Crippen LogP contribution in [0, 0.1) is 13.8 Å². The first-order chi connectivity index (χ1) is 11.9. The predicted octanol–water partition coefficient (Wildman–Crippen LogP) is 3.00. The maximum Gasteiger partial charge on any atom is 0.225 e. The zero-order chi connectivity index (χ0) is 18.0. The molecule has 1 aromatic carbocycles. The van der Waals surface area contributed by atoms with Gasteiger partial charge in [-0.25, -0.2) is 13.4 Å². The number of para-hydroxylation sites is 1. The molecule has 2 N–H and O–H groups in total. The summed E-state index contributed by atoms with van der Waals surface area (Å²) in [7, 11) is -2.93. The minimum absolute atomic E-state index is 0.121. The van der Waals surface area contributed by atoms with E-state index in [2.05, 4.69) is 52.6 Å². The summed E-state index contributed by atoms with van der Waals surface area (Å²) in [5, 5.41) is 6.57. The highest BCUT2D eigenvalue weighted by Gasteiger charge is 2.28. The number of hydrogen-bond acceptors (Lipinski definition) is 6. The number of benzene rings is 1. The van der Waals surface area contributed by atoms with Crippen molar-refractivity contribution in [2.45, 2.75) is 39.7 Å². The minimum Gasteiger partial charge on any atom is -0.350 e. The number of rotatable bonds is 5. The maximum absolute atomic E-state index is 11.6. The van der Waals surface area contributed by atoms with E-state index in [1.54, 1.807) is 0 Å². The molecule has 0 aliphatic carbocycles. The van der Waals surface area contributed by atoms with Crippen molar-refractivity contribution in [1.82, 2.24) is 9.97 Å². The maximum atomic E-state index is 11.6. The van der Waals surface area contributed by atoms with E-state index in [1.807, 2.05) is 13.0 Å². The fourth-order valence-corrected chi connectivity index (χ4v) is 4.79. The van der Waals surface area contributed by atoms with E-state index in [9.17, 15) is 8.42 Å². The van der Waals surface area contributed by atoms with Gasteiger partial charge in [0.15, 0.2) is 9.84 Å². The van der Waals surface area contributed by atoms with Gasteiger partial charge in [-0.3, -0.25) is 0 Å².